The van der Waals surface area contributed by atoms with Crippen LogP contribution in [0.5, 0.6) is 0 Å². The van der Waals surface area contributed by atoms with E-state index in [9.17, 15) is 9.18 Å². The maximum atomic E-state index is 13.6. The molecule has 1 fully saturated rings. The number of amides is 1. The maximum absolute atomic E-state index is 13.6. The Kier molecular flexibility index (Phi) is 3.12. The van der Waals surface area contributed by atoms with Crippen molar-refractivity contribution in [1.29, 1.82) is 0 Å². The van der Waals surface area contributed by atoms with E-state index in [1.807, 2.05) is 0 Å². The van der Waals surface area contributed by atoms with Gasteiger partial charge in [0.1, 0.15) is 5.82 Å². The summed E-state index contributed by atoms with van der Waals surface area (Å²) in [7, 11) is 0. The van der Waals surface area contributed by atoms with Gasteiger partial charge in [0, 0.05) is 30.5 Å². The van der Waals surface area contributed by atoms with Crippen molar-refractivity contribution in [2.75, 3.05) is 18.1 Å². The van der Waals surface area contributed by atoms with Crippen LogP contribution in [0.1, 0.15) is 6.42 Å². The summed E-state index contributed by atoms with van der Waals surface area (Å²) >= 11 is 5.63. The number of halogens is 2. The molecule has 1 heterocycles. The lowest BCUT2D eigenvalue weighted by Crippen LogP contribution is -2.25. The summed E-state index contributed by atoms with van der Waals surface area (Å²) in [5.41, 5.74) is 0.227. The molecule has 1 amide bonds. The number of rotatable bonds is 2. The first kappa shape index (κ1) is 11.4. The van der Waals surface area contributed by atoms with E-state index in [2.05, 4.69) is 0 Å². The maximum Gasteiger partial charge on any atom is 0.227 e. The second-order valence-electron chi connectivity index (χ2n) is 3.85. The molecular formula is C11H11ClFNO2. The van der Waals surface area contributed by atoms with Crippen molar-refractivity contribution in [2.24, 2.45) is 5.92 Å². The third kappa shape index (κ3) is 2.03. The molecule has 0 radical (unpaired) electrons. The molecule has 1 aromatic carbocycles. The van der Waals surface area contributed by atoms with Gasteiger partial charge >= 0.3 is 0 Å². The Morgan fingerprint density at radius 1 is 1.56 bits per heavy atom. The van der Waals surface area contributed by atoms with Gasteiger partial charge in [-0.05, 0) is 18.2 Å². The molecule has 1 atom stereocenters. The summed E-state index contributed by atoms with van der Waals surface area (Å²) in [5.74, 6) is -0.790. The first-order chi connectivity index (χ1) is 7.61. The lowest BCUT2D eigenvalue weighted by molar-refractivity contribution is -0.117. The van der Waals surface area contributed by atoms with Crippen LogP contribution in [0.2, 0.25) is 5.02 Å². The molecule has 1 aromatic rings. The number of hydrogen-bond acceptors (Lipinski definition) is 2. The SMILES string of the molecule is O=C1CC(CO)CN1c1ccc(Cl)cc1F. The Hall–Kier alpha value is -1.13. The highest BCUT2D eigenvalue weighted by Crippen LogP contribution is 2.28. The van der Waals surface area contributed by atoms with Gasteiger partial charge in [-0.25, -0.2) is 4.39 Å². The van der Waals surface area contributed by atoms with E-state index in [1.165, 1.54) is 17.0 Å². The molecule has 16 heavy (non-hydrogen) atoms. The molecule has 0 aliphatic carbocycles. The zero-order valence-corrected chi connectivity index (χ0v) is 9.25. The van der Waals surface area contributed by atoms with Crippen molar-refractivity contribution in [3.63, 3.8) is 0 Å². The summed E-state index contributed by atoms with van der Waals surface area (Å²) in [6.45, 7) is 0.297. The average molecular weight is 244 g/mol. The molecule has 0 spiro atoms. The predicted octanol–water partition coefficient (Wildman–Crippen LogP) is 1.82. The second kappa shape index (κ2) is 4.39. The normalized spacial score (nSPS) is 20.6. The summed E-state index contributed by atoms with van der Waals surface area (Å²) in [6.07, 6.45) is 0.262. The van der Waals surface area contributed by atoms with E-state index < -0.39 is 5.82 Å². The monoisotopic (exact) mass is 243 g/mol. The highest BCUT2D eigenvalue weighted by atomic mass is 35.5. The zero-order chi connectivity index (χ0) is 11.7. The lowest BCUT2D eigenvalue weighted by atomic mass is 10.1. The Bertz CT molecular complexity index is 424. The minimum atomic E-state index is -0.514. The molecule has 5 heteroatoms. The van der Waals surface area contributed by atoms with Crippen LogP contribution < -0.4 is 4.90 Å². The third-order valence-corrected chi connectivity index (χ3v) is 2.90. The van der Waals surface area contributed by atoms with Crippen molar-refractivity contribution >= 4 is 23.2 Å². The number of nitrogens with zero attached hydrogens (tertiary/aromatic N) is 1. The number of carbonyl (C=O) groups excluding carboxylic acids is 1. The molecule has 0 saturated carbocycles. The highest BCUT2D eigenvalue weighted by Gasteiger charge is 2.31. The second-order valence-corrected chi connectivity index (χ2v) is 4.29. The third-order valence-electron chi connectivity index (χ3n) is 2.66. The molecule has 0 bridgehead atoms. The lowest BCUT2D eigenvalue weighted by Gasteiger charge is -2.17. The van der Waals surface area contributed by atoms with Crippen molar-refractivity contribution in [3.05, 3.63) is 29.0 Å². The summed E-state index contributed by atoms with van der Waals surface area (Å²) in [4.78, 5) is 13.0. The molecule has 86 valence electrons. The summed E-state index contributed by atoms with van der Waals surface area (Å²) in [5, 5.41) is 9.27. The largest absolute Gasteiger partial charge is 0.396 e. The van der Waals surface area contributed by atoms with Gasteiger partial charge < -0.3 is 10.0 Å². The van der Waals surface area contributed by atoms with Gasteiger partial charge in [-0.2, -0.15) is 0 Å². The van der Waals surface area contributed by atoms with Crippen molar-refractivity contribution < 1.29 is 14.3 Å². The van der Waals surface area contributed by atoms with Gasteiger partial charge in [0.05, 0.1) is 5.69 Å². The van der Waals surface area contributed by atoms with E-state index in [0.717, 1.165) is 0 Å². The Balaban J connectivity index is 2.28. The fraction of sp³-hybridized carbons (Fsp3) is 0.364. The number of aliphatic hydroxyl groups is 1. The molecule has 1 aliphatic heterocycles. The zero-order valence-electron chi connectivity index (χ0n) is 8.49. The van der Waals surface area contributed by atoms with E-state index in [1.54, 1.807) is 6.07 Å². The van der Waals surface area contributed by atoms with Crippen LogP contribution in [0.25, 0.3) is 0 Å². The standard InChI is InChI=1S/C11H11ClFNO2/c12-8-1-2-10(9(13)4-8)14-5-7(6-15)3-11(14)16/h1-2,4,7,15H,3,5-6H2. The highest BCUT2D eigenvalue weighted by molar-refractivity contribution is 6.30. The number of aliphatic hydroxyl groups excluding tert-OH is 1. The van der Waals surface area contributed by atoms with Crippen LogP contribution in [0.15, 0.2) is 18.2 Å². The Labute approximate surface area is 97.4 Å². The number of benzene rings is 1. The van der Waals surface area contributed by atoms with Crippen LogP contribution in [0.3, 0.4) is 0 Å². The van der Waals surface area contributed by atoms with E-state index >= 15 is 0 Å². The van der Waals surface area contributed by atoms with Crippen LogP contribution in [-0.4, -0.2) is 24.2 Å². The van der Waals surface area contributed by atoms with Gasteiger partial charge in [0.25, 0.3) is 0 Å². The fourth-order valence-electron chi connectivity index (χ4n) is 1.84. The van der Waals surface area contributed by atoms with Crippen LogP contribution in [-0.2, 0) is 4.79 Å². The van der Waals surface area contributed by atoms with Gasteiger partial charge in [-0.1, -0.05) is 11.6 Å². The molecule has 0 aromatic heterocycles. The minimum absolute atomic E-state index is 0.0581. The molecule has 1 N–H and O–H groups in total. The topological polar surface area (TPSA) is 40.5 Å². The van der Waals surface area contributed by atoms with Gasteiger partial charge in [0.2, 0.25) is 5.91 Å². The van der Waals surface area contributed by atoms with Crippen LogP contribution >= 0.6 is 11.6 Å². The number of carbonyl (C=O) groups is 1. The van der Waals surface area contributed by atoms with Crippen LogP contribution in [0, 0.1) is 11.7 Å². The number of hydrogen-bond donors (Lipinski definition) is 1. The first-order valence-corrected chi connectivity index (χ1v) is 5.36. The Morgan fingerprint density at radius 3 is 2.88 bits per heavy atom. The molecule has 2 rings (SSSR count). The predicted molar refractivity (Wildman–Crippen MR) is 59.0 cm³/mol. The quantitative estimate of drug-likeness (QED) is 0.861. The first-order valence-electron chi connectivity index (χ1n) is 4.98. The number of anilines is 1. The summed E-state index contributed by atoms with van der Waals surface area (Å²) < 4.78 is 13.6. The smallest absolute Gasteiger partial charge is 0.227 e. The van der Waals surface area contributed by atoms with Gasteiger partial charge in [-0.3, -0.25) is 4.79 Å². The van der Waals surface area contributed by atoms with Gasteiger partial charge in [-0.15, -0.1) is 0 Å². The molecule has 1 saturated heterocycles. The van der Waals surface area contributed by atoms with E-state index in [4.69, 9.17) is 16.7 Å². The van der Waals surface area contributed by atoms with E-state index in [-0.39, 0.29) is 30.5 Å². The minimum Gasteiger partial charge on any atom is -0.396 e. The van der Waals surface area contributed by atoms with Gasteiger partial charge in [0.15, 0.2) is 0 Å². The van der Waals surface area contributed by atoms with Crippen molar-refractivity contribution in [3.8, 4) is 0 Å². The van der Waals surface area contributed by atoms with Crippen molar-refractivity contribution in [1.82, 2.24) is 0 Å². The fourth-order valence-corrected chi connectivity index (χ4v) is 2.00. The average Bonchev–Trinajstić information content (AvgIpc) is 2.60. The van der Waals surface area contributed by atoms with Crippen molar-refractivity contribution in [2.45, 2.75) is 6.42 Å². The Morgan fingerprint density at radius 2 is 2.31 bits per heavy atom. The summed E-state index contributed by atoms with van der Waals surface area (Å²) in [6, 6.07) is 4.20. The van der Waals surface area contributed by atoms with E-state index in [0.29, 0.717) is 11.6 Å². The van der Waals surface area contributed by atoms with Crippen LogP contribution in [0.4, 0.5) is 10.1 Å². The molecule has 1 aliphatic rings. The molecule has 1 unspecified atom stereocenters. The molecular weight excluding hydrogens is 233 g/mol. The molecule has 3 nitrogen and oxygen atoms in total.